The molecule has 0 saturated heterocycles. The number of hydrogen-bond donors (Lipinski definition) is 3. The van der Waals surface area contributed by atoms with E-state index in [4.69, 9.17) is 46.4 Å². The van der Waals surface area contributed by atoms with E-state index in [0.29, 0.717) is 57.6 Å². The van der Waals surface area contributed by atoms with Gasteiger partial charge >= 0.3 is 6.03 Å². The highest BCUT2D eigenvalue weighted by atomic mass is 35.5. The molecule has 7 nitrogen and oxygen atoms in total. The number of rotatable bonds is 9. The maximum Gasteiger partial charge on any atom is 0.323 e. The van der Waals surface area contributed by atoms with E-state index in [1.165, 1.54) is 6.33 Å². The lowest BCUT2D eigenvalue weighted by atomic mass is 10.2. The van der Waals surface area contributed by atoms with Crippen LogP contribution in [-0.2, 0) is 0 Å². The van der Waals surface area contributed by atoms with Gasteiger partial charge in [-0.1, -0.05) is 23.2 Å². The van der Waals surface area contributed by atoms with Crippen LogP contribution < -0.4 is 20.9 Å². The zero-order valence-electron chi connectivity index (χ0n) is 18.9. The SMILES string of the molecule is O=C(Nc1ccc(N(CCCl)CCCl)cc1)Nc1ccc2ncnc(Nc3ccc(Cl)c(Cl)c3)c2c1. The predicted octanol–water partition coefficient (Wildman–Crippen LogP) is 7.61. The molecule has 0 bridgehead atoms. The number of urea groups is 1. The van der Waals surface area contributed by atoms with E-state index in [1.807, 2.05) is 30.3 Å². The Labute approximate surface area is 228 Å². The maximum absolute atomic E-state index is 12.6. The number of nitrogens with one attached hydrogen (secondary N) is 3. The van der Waals surface area contributed by atoms with Gasteiger partial charge in [0.25, 0.3) is 0 Å². The lowest BCUT2D eigenvalue weighted by Gasteiger charge is -2.23. The summed E-state index contributed by atoms with van der Waals surface area (Å²) >= 11 is 23.9. The summed E-state index contributed by atoms with van der Waals surface area (Å²) in [7, 11) is 0. The summed E-state index contributed by atoms with van der Waals surface area (Å²) in [5.74, 6) is 1.57. The van der Waals surface area contributed by atoms with E-state index in [9.17, 15) is 4.79 Å². The van der Waals surface area contributed by atoms with E-state index in [2.05, 4.69) is 30.8 Å². The second-order valence-electron chi connectivity index (χ2n) is 7.70. The Kier molecular flexibility index (Phi) is 8.93. The molecule has 0 aliphatic heterocycles. The lowest BCUT2D eigenvalue weighted by Crippen LogP contribution is -2.27. The fourth-order valence-corrected chi connectivity index (χ4v) is 4.27. The Morgan fingerprint density at radius 3 is 2.14 bits per heavy atom. The Hall–Kier alpha value is -2.97. The van der Waals surface area contributed by atoms with Crippen molar-refractivity contribution in [1.82, 2.24) is 9.97 Å². The monoisotopic (exact) mass is 562 g/mol. The van der Waals surface area contributed by atoms with Crippen LogP contribution in [0.2, 0.25) is 10.0 Å². The summed E-state index contributed by atoms with van der Waals surface area (Å²) in [4.78, 5) is 23.4. The topological polar surface area (TPSA) is 82.2 Å². The second kappa shape index (κ2) is 12.3. The fourth-order valence-electron chi connectivity index (χ4n) is 3.57. The van der Waals surface area contributed by atoms with Crippen molar-refractivity contribution < 1.29 is 4.79 Å². The number of carbonyl (C=O) groups is 1. The molecule has 1 aromatic heterocycles. The number of aromatic nitrogens is 2. The molecule has 0 spiro atoms. The van der Waals surface area contributed by atoms with Gasteiger partial charge in [0, 0.05) is 53.0 Å². The van der Waals surface area contributed by atoms with Gasteiger partial charge < -0.3 is 20.9 Å². The summed E-state index contributed by atoms with van der Waals surface area (Å²) in [5, 5.41) is 10.5. The average Bonchev–Trinajstić information content (AvgIpc) is 2.87. The van der Waals surface area contributed by atoms with Gasteiger partial charge in [0.1, 0.15) is 12.1 Å². The number of hydrogen-bond acceptors (Lipinski definition) is 5. The number of nitrogens with zero attached hydrogens (tertiary/aromatic N) is 3. The highest BCUT2D eigenvalue weighted by Gasteiger charge is 2.10. The molecule has 4 aromatic rings. The van der Waals surface area contributed by atoms with Crippen LogP contribution in [0.25, 0.3) is 10.9 Å². The predicted molar refractivity (Wildman–Crippen MR) is 152 cm³/mol. The van der Waals surface area contributed by atoms with Crippen LogP contribution >= 0.6 is 46.4 Å². The first-order valence-electron chi connectivity index (χ1n) is 11.0. The molecule has 3 aromatic carbocycles. The summed E-state index contributed by atoms with van der Waals surface area (Å²) in [5.41, 5.74) is 3.66. The first kappa shape index (κ1) is 26.1. The standard InChI is InChI=1S/C25H22Cl4N6O/c26-9-11-35(12-10-27)19-5-1-16(2-6-19)33-25(36)34-17-4-8-23-20(13-17)24(31-15-30-23)32-18-3-7-21(28)22(29)14-18/h1-8,13-15H,9-12H2,(H,30,31,32)(H2,33,34,36). The molecule has 186 valence electrons. The number of fused-ring (bicyclic) bond motifs is 1. The van der Waals surface area contributed by atoms with Crippen molar-refractivity contribution in [3.8, 4) is 0 Å². The largest absolute Gasteiger partial charge is 0.369 e. The number of halogens is 4. The van der Waals surface area contributed by atoms with E-state index >= 15 is 0 Å². The molecule has 0 radical (unpaired) electrons. The van der Waals surface area contributed by atoms with Crippen molar-refractivity contribution in [2.24, 2.45) is 0 Å². The lowest BCUT2D eigenvalue weighted by molar-refractivity contribution is 0.262. The minimum Gasteiger partial charge on any atom is -0.369 e. The van der Waals surface area contributed by atoms with Crippen LogP contribution in [0.1, 0.15) is 0 Å². The summed E-state index contributed by atoms with van der Waals surface area (Å²) < 4.78 is 0. The molecular formula is C25H22Cl4N6O. The molecule has 36 heavy (non-hydrogen) atoms. The second-order valence-corrected chi connectivity index (χ2v) is 9.27. The van der Waals surface area contributed by atoms with Crippen LogP contribution in [0.15, 0.2) is 67.0 Å². The molecule has 3 N–H and O–H groups in total. The number of carbonyl (C=O) groups excluding carboxylic acids is 1. The van der Waals surface area contributed by atoms with Crippen molar-refractivity contribution in [2.45, 2.75) is 0 Å². The first-order chi connectivity index (χ1) is 17.5. The average molecular weight is 564 g/mol. The van der Waals surface area contributed by atoms with Crippen LogP contribution in [0.3, 0.4) is 0 Å². The van der Waals surface area contributed by atoms with Gasteiger partial charge in [0.05, 0.1) is 15.6 Å². The van der Waals surface area contributed by atoms with E-state index in [1.54, 1.807) is 30.3 Å². The molecule has 0 fully saturated rings. The van der Waals surface area contributed by atoms with Crippen molar-refractivity contribution in [2.75, 3.05) is 45.7 Å². The minimum atomic E-state index is -0.378. The van der Waals surface area contributed by atoms with E-state index in [-0.39, 0.29) is 6.03 Å². The molecule has 0 aliphatic carbocycles. The maximum atomic E-state index is 12.6. The molecule has 11 heteroatoms. The number of anilines is 5. The van der Waals surface area contributed by atoms with Crippen molar-refractivity contribution in [1.29, 1.82) is 0 Å². The van der Waals surface area contributed by atoms with Crippen LogP contribution in [-0.4, -0.2) is 40.8 Å². The number of amides is 2. The van der Waals surface area contributed by atoms with Gasteiger partial charge in [0.2, 0.25) is 0 Å². The normalized spacial score (nSPS) is 10.8. The van der Waals surface area contributed by atoms with Gasteiger partial charge in [-0.2, -0.15) is 0 Å². The zero-order valence-corrected chi connectivity index (χ0v) is 22.0. The Morgan fingerprint density at radius 1 is 0.778 bits per heavy atom. The highest BCUT2D eigenvalue weighted by Crippen LogP contribution is 2.29. The van der Waals surface area contributed by atoms with Crippen molar-refractivity contribution >= 4 is 91.9 Å². The van der Waals surface area contributed by atoms with Crippen molar-refractivity contribution in [3.63, 3.8) is 0 Å². The molecular weight excluding hydrogens is 542 g/mol. The van der Waals surface area contributed by atoms with Crippen LogP contribution in [0, 0.1) is 0 Å². The number of benzene rings is 3. The Balaban J connectivity index is 1.46. The van der Waals surface area contributed by atoms with Gasteiger partial charge in [-0.25, -0.2) is 14.8 Å². The van der Waals surface area contributed by atoms with E-state index < -0.39 is 0 Å². The third-order valence-electron chi connectivity index (χ3n) is 5.27. The molecule has 1 heterocycles. The molecule has 2 amide bonds. The van der Waals surface area contributed by atoms with Crippen LogP contribution in [0.4, 0.5) is 33.4 Å². The highest BCUT2D eigenvalue weighted by molar-refractivity contribution is 6.42. The van der Waals surface area contributed by atoms with Gasteiger partial charge in [0.15, 0.2) is 0 Å². The molecule has 0 aliphatic rings. The van der Waals surface area contributed by atoms with Crippen LogP contribution in [0.5, 0.6) is 0 Å². The summed E-state index contributed by atoms with van der Waals surface area (Å²) in [6.07, 6.45) is 1.47. The summed E-state index contributed by atoms with van der Waals surface area (Å²) in [6.45, 7) is 1.38. The quantitative estimate of drug-likeness (QED) is 0.182. The van der Waals surface area contributed by atoms with E-state index in [0.717, 1.165) is 16.8 Å². The van der Waals surface area contributed by atoms with Gasteiger partial charge in [-0.15, -0.1) is 23.2 Å². The van der Waals surface area contributed by atoms with Crippen molar-refractivity contribution in [3.05, 3.63) is 77.0 Å². The molecule has 0 saturated carbocycles. The number of alkyl halides is 2. The smallest absolute Gasteiger partial charge is 0.323 e. The van der Waals surface area contributed by atoms with Gasteiger partial charge in [-0.05, 0) is 60.7 Å². The molecule has 4 rings (SSSR count). The molecule has 0 atom stereocenters. The fraction of sp³-hybridized carbons (Fsp3) is 0.160. The van der Waals surface area contributed by atoms with Gasteiger partial charge in [-0.3, -0.25) is 0 Å². The minimum absolute atomic E-state index is 0.378. The summed E-state index contributed by atoms with van der Waals surface area (Å²) in [6, 6.07) is 17.7. The first-order valence-corrected chi connectivity index (χ1v) is 12.8. The third kappa shape index (κ3) is 6.62. The Morgan fingerprint density at radius 2 is 1.44 bits per heavy atom. The molecule has 0 unspecified atom stereocenters. The third-order valence-corrected chi connectivity index (χ3v) is 6.35. The Bertz CT molecular complexity index is 1350. The zero-order chi connectivity index (χ0) is 25.5.